The van der Waals surface area contributed by atoms with E-state index in [2.05, 4.69) is 5.32 Å². The fourth-order valence-electron chi connectivity index (χ4n) is 3.36. The van der Waals surface area contributed by atoms with Gasteiger partial charge >= 0.3 is 0 Å². The second-order valence-electron chi connectivity index (χ2n) is 5.77. The van der Waals surface area contributed by atoms with E-state index >= 15 is 0 Å². The first kappa shape index (κ1) is 13.3. The molecule has 18 heavy (non-hydrogen) atoms. The zero-order valence-corrected chi connectivity index (χ0v) is 11.2. The lowest BCUT2D eigenvalue weighted by atomic mass is 9.84. The number of hydrogen-bond donors (Lipinski definition) is 2. The third-order valence-electron chi connectivity index (χ3n) is 4.42. The van der Waals surface area contributed by atoms with Gasteiger partial charge in [0.25, 0.3) is 0 Å². The molecule has 3 N–H and O–H groups in total. The van der Waals surface area contributed by atoms with Crippen molar-refractivity contribution in [2.75, 3.05) is 20.6 Å². The number of fused-ring (bicyclic) bond motifs is 2. The Hall–Kier alpha value is -1.10. The smallest absolute Gasteiger partial charge is 0.224 e. The summed E-state index contributed by atoms with van der Waals surface area (Å²) in [7, 11) is 3.44. The molecule has 5 heteroatoms. The van der Waals surface area contributed by atoms with Gasteiger partial charge in [-0.15, -0.1) is 0 Å². The van der Waals surface area contributed by atoms with Gasteiger partial charge in [-0.05, 0) is 31.1 Å². The van der Waals surface area contributed by atoms with E-state index in [0.29, 0.717) is 24.8 Å². The molecule has 4 atom stereocenters. The lowest BCUT2D eigenvalue weighted by Crippen LogP contribution is -2.45. The Labute approximate surface area is 108 Å². The van der Waals surface area contributed by atoms with E-state index in [-0.39, 0.29) is 23.8 Å². The van der Waals surface area contributed by atoms with Gasteiger partial charge in [0.2, 0.25) is 11.8 Å². The lowest BCUT2D eigenvalue weighted by molar-refractivity contribution is -0.129. The van der Waals surface area contributed by atoms with Crippen molar-refractivity contribution >= 4 is 11.8 Å². The molecular formula is C13H23N3O2. The molecule has 0 spiro atoms. The zero-order chi connectivity index (χ0) is 13.3. The minimum Gasteiger partial charge on any atom is -0.355 e. The van der Waals surface area contributed by atoms with Gasteiger partial charge in [0.1, 0.15) is 0 Å². The molecule has 0 saturated heterocycles. The molecule has 5 nitrogen and oxygen atoms in total. The van der Waals surface area contributed by atoms with Crippen LogP contribution < -0.4 is 11.1 Å². The molecular weight excluding hydrogens is 230 g/mol. The van der Waals surface area contributed by atoms with Crippen LogP contribution >= 0.6 is 0 Å². The van der Waals surface area contributed by atoms with Gasteiger partial charge < -0.3 is 16.0 Å². The van der Waals surface area contributed by atoms with Gasteiger partial charge in [-0.3, -0.25) is 9.59 Å². The molecule has 0 radical (unpaired) electrons. The van der Waals surface area contributed by atoms with E-state index in [4.69, 9.17) is 5.73 Å². The highest BCUT2D eigenvalue weighted by Gasteiger charge is 2.48. The van der Waals surface area contributed by atoms with Crippen LogP contribution in [0.2, 0.25) is 0 Å². The molecule has 2 aliphatic rings. The maximum absolute atomic E-state index is 12.1. The Morgan fingerprint density at radius 2 is 1.94 bits per heavy atom. The van der Waals surface area contributed by atoms with E-state index in [1.807, 2.05) is 0 Å². The molecule has 2 bridgehead atoms. The van der Waals surface area contributed by atoms with Crippen LogP contribution in [0.1, 0.15) is 25.7 Å². The Balaban J connectivity index is 1.77. The number of amides is 2. The van der Waals surface area contributed by atoms with E-state index < -0.39 is 0 Å². The fraction of sp³-hybridized carbons (Fsp3) is 0.846. The Bertz CT molecular complexity index is 341. The Morgan fingerprint density at radius 1 is 1.28 bits per heavy atom. The third kappa shape index (κ3) is 2.51. The van der Waals surface area contributed by atoms with Crippen LogP contribution in [0.25, 0.3) is 0 Å². The second-order valence-corrected chi connectivity index (χ2v) is 5.77. The largest absolute Gasteiger partial charge is 0.355 e. The minimum absolute atomic E-state index is 0.0216. The number of nitrogens with one attached hydrogen (secondary N) is 1. The highest BCUT2D eigenvalue weighted by Crippen LogP contribution is 2.47. The standard InChI is InChI=1S/C13H23N3O2/c1-16(2)10(17)5-6-15-13(18)11-8-3-4-9(7-8)12(11)14/h8-9,11-12H,3-7,14H2,1-2H3,(H,15,18). The summed E-state index contributed by atoms with van der Waals surface area (Å²) in [6.07, 6.45) is 3.77. The van der Waals surface area contributed by atoms with Crippen molar-refractivity contribution in [3.05, 3.63) is 0 Å². The molecule has 2 aliphatic carbocycles. The molecule has 4 unspecified atom stereocenters. The van der Waals surface area contributed by atoms with Crippen LogP contribution in [0.3, 0.4) is 0 Å². The normalized spacial score (nSPS) is 33.5. The van der Waals surface area contributed by atoms with Crippen LogP contribution in [0, 0.1) is 17.8 Å². The fourth-order valence-corrected chi connectivity index (χ4v) is 3.36. The van der Waals surface area contributed by atoms with E-state index in [0.717, 1.165) is 12.8 Å². The van der Waals surface area contributed by atoms with Gasteiger partial charge in [-0.2, -0.15) is 0 Å². The van der Waals surface area contributed by atoms with Crippen molar-refractivity contribution in [3.8, 4) is 0 Å². The van der Waals surface area contributed by atoms with Crippen molar-refractivity contribution in [2.45, 2.75) is 31.7 Å². The van der Waals surface area contributed by atoms with Crippen molar-refractivity contribution in [2.24, 2.45) is 23.5 Å². The lowest BCUT2D eigenvalue weighted by Gasteiger charge is -2.27. The molecule has 0 heterocycles. The summed E-state index contributed by atoms with van der Waals surface area (Å²) in [6, 6.07) is 0.0216. The zero-order valence-electron chi connectivity index (χ0n) is 11.2. The molecule has 0 aromatic rings. The molecule has 2 fully saturated rings. The number of carbonyl (C=O) groups excluding carboxylic acids is 2. The Kier molecular flexibility index (Phi) is 3.90. The van der Waals surface area contributed by atoms with E-state index in [9.17, 15) is 9.59 Å². The van der Waals surface area contributed by atoms with Gasteiger partial charge in [0, 0.05) is 33.1 Å². The first-order chi connectivity index (χ1) is 8.50. The second kappa shape index (κ2) is 5.26. The molecule has 2 rings (SSSR count). The maximum Gasteiger partial charge on any atom is 0.224 e. The summed E-state index contributed by atoms with van der Waals surface area (Å²) >= 11 is 0. The van der Waals surface area contributed by atoms with Gasteiger partial charge in [0.05, 0.1) is 5.92 Å². The third-order valence-corrected chi connectivity index (χ3v) is 4.42. The summed E-state index contributed by atoms with van der Waals surface area (Å²) in [5, 5.41) is 2.86. The number of hydrogen-bond acceptors (Lipinski definition) is 3. The highest BCUT2D eigenvalue weighted by molar-refractivity contribution is 5.81. The van der Waals surface area contributed by atoms with Crippen molar-refractivity contribution in [1.82, 2.24) is 10.2 Å². The van der Waals surface area contributed by atoms with Crippen LogP contribution in [-0.2, 0) is 9.59 Å². The van der Waals surface area contributed by atoms with Crippen molar-refractivity contribution in [1.29, 1.82) is 0 Å². The van der Waals surface area contributed by atoms with Crippen molar-refractivity contribution < 1.29 is 9.59 Å². The van der Waals surface area contributed by atoms with Gasteiger partial charge in [0.15, 0.2) is 0 Å². The van der Waals surface area contributed by atoms with E-state index in [1.54, 1.807) is 14.1 Å². The monoisotopic (exact) mass is 253 g/mol. The maximum atomic E-state index is 12.1. The summed E-state index contributed by atoms with van der Waals surface area (Å²) in [5.41, 5.74) is 6.11. The topological polar surface area (TPSA) is 75.4 Å². The molecule has 2 amide bonds. The SMILES string of the molecule is CN(C)C(=O)CCNC(=O)C1C2CCC(C2)C1N. The number of nitrogens with zero attached hydrogens (tertiary/aromatic N) is 1. The van der Waals surface area contributed by atoms with Crippen LogP contribution in [0.5, 0.6) is 0 Å². The molecule has 102 valence electrons. The summed E-state index contributed by atoms with van der Waals surface area (Å²) in [6.45, 7) is 0.413. The quantitative estimate of drug-likeness (QED) is 0.738. The molecule has 0 aromatic heterocycles. The van der Waals surface area contributed by atoms with Crippen molar-refractivity contribution in [3.63, 3.8) is 0 Å². The minimum atomic E-state index is -0.0294. The average Bonchev–Trinajstić information content (AvgIpc) is 2.88. The predicted octanol–water partition coefficient (Wildman–Crippen LogP) is -0.0457. The molecule has 0 aliphatic heterocycles. The average molecular weight is 253 g/mol. The predicted molar refractivity (Wildman–Crippen MR) is 68.6 cm³/mol. The molecule has 0 aromatic carbocycles. The van der Waals surface area contributed by atoms with E-state index in [1.165, 1.54) is 11.3 Å². The first-order valence-corrected chi connectivity index (χ1v) is 6.74. The number of rotatable bonds is 4. The molecule has 2 saturated carbocycles. The van der Waals surface area contributed by atoms with Crippen LogP contribution in [-0.4, -0.2) is 43.4 Å². The number of carbonyl (C=O) groups is 2. The summed E-state index contributed by atoms with van der Waals surface area (Å²) in [4.78, 5) is 25.0. The first-order valence-electron chi connectivity index (χ1n) is 6.74. The Morgan fingerprint density at radius 3 is 2.50 bits per heavy atom. The summed E-state index contributed by atoms with van der Waals surface area (Å²) in [5.74, 6) is 1.05. The number of nitrogens with two attached hydrogens (primary N) is 1. The van der Waals surface area contributed by atoms with Gasteiger partial charge in [-0.1, -0.05) is 0 Å². The highest BCUT2D eigenvalue weighted by atomic mass is 16.2. The van der Waals surface area contributed by atoms with Crippen LogP contribution in [0.4, 0.5) is 0 Å². The van der Waals surface area contributed by atoms with Gasteiger partial charge in [-0.25, -0.2) is 0 Å². The van der Waals surface area contributed by atoms with Crippen LogP contribution in [0.15, 0.2) is 0 Å². The summed E-state index contributed by atoms with van der Waals surface area (Å²) < 4.78 is 0.